The van der Waals surface area contributed by atoms with E-state index in [9.17, 15) is 14.7 Å². The van der Waals surface area contributed by atoms with Crippen molar-refractivity contribution >= 4 is 11.9 Å². The number of aliphatic hydroxyl groups is 1. The summed E-state index contributed by atoms with van der Waals surface area (Å²) in [6.07, 6.45) is 113. The van der Waals surface area contributed by atoms with Crippen LogP contribution in [-0.4, -0.2) is 36.4 Å². The Morgan fingerprint density at radius 2 is 0.488 bits per heavy atom. The molecule has 0 amide bonds. The highest BCUT2D eigenvalue weighted by atomic mass is 16.6. The average Bonchev–Trinajstić information content (AvgIpc) is 3.49. The van der Waals surface area contributed by atoms with Gasteiger partial charge in [-0.25, -0.2) is 0 Å². The van der Waals surface area contributed by atoms with Gasteiger partial charge in [-0.2, -0.15) is 0 Å². The van der Waals surface area contributed by atoms with E-state index in [1.807, 2.05) is 0 Å². The molecule has 0 rings (SSSR count). The van der Waals surface area contributed by atoms with Gasteiger partial charge in [0.2, 0.25) is 0 Å². The van der Waals surface area contributed by atoms with Gasteiger partial charge in [0.05, 0.1) is 6.61 Å². The van der Waals surface area contributed by atoms with Crippen molar-refractivity contribution in [1.82, 2.24) is 0 Å². The average molecular weight is 1120 g/mol. The topological polar surface area (TPSA) is 72.8 Å². The van der Waals surface area contributed by atoms with E-state index >= 15 is 0 Å². The molecule has 0 saturated heterocycles. The molecule has 0 fully saturated rings. The van der Waals surface area contributed by atoms with Crippen LogP contribution in [0.2, 0.25) is 0 Å². The first kappa shape index (κ1) is 76.2. The standard InChI is InChI=1S/C77H116O5/c1-3-5-7-9-11-13-15-17-19-21-23-25-27-29-31-33-34-35-36-37-38-39-40-41-42-44-46-48-50-52-54-56-58-60-62-64-66-68-70-72-77(80)82-75(73-78)74-81-76(79)71-69-67-65-63-61-59-57-55-53-51-49-47-45-43-32-30-28-26-24-22-20-18-16-14-12-10-8-6-4-2/h5-8,11-14,17-20,23-26,29-32,34-35,37-38,40-41,44-47,50-53,57,59,75,78H,3-4,9-10,15-16,21-22,27-28,33,36,39,42-43,48-49,54-56,58,60-74H2,1-2H3/b7-5-,8-6-,13-11-,14-12-,19-17-,20-18-,25-23-,26-24-,31-29-,32-30-,35-34-,38-37-,41-40-,46-44-,47-45-,52-50-,53-51-,59-57-. The number of aliphatic hydroxyl groups excluding tert-OH is 1. The molecule has 5 nitrogen and oxygen atoms in total. The Bertz CT molecular complexity index is 1990. The van der Waals surface area contributed by atoms with Gasteiger partial charge >= 0.3 is 11.9 Å². The molecule has 0 spiro atoms. The summed E-state index contributed by atoms with van der Waals surface area (Å²) in [4.78, 5) is 24.6. The number of hydrogen-bond donors (Lipinski definition) is 1. The SMILES string of the molecule is CC/C=C\C/C=C\C/C=C\C/C=C\C/C=C\C/C=C\C/C=C\C/C=C\C/C=C\C/C=C\CCCCCCCCCCC(=O)OC(CO)COC(=O)CCCCCC/C=C\C/C=C\C/C=C\C/C=C\C/C=C\C/C=C\C/C=C\C/C=C\CC. The molecule has 82 heavy (non-hydrogen) atoms. The van der Waals surface area contributed by atoms with Crippen LogP contribution in [0, 0.1) is 0 Å². The Morgan fingerprint density at radius 3 is 0.732 bits per heavy atom. The van der Waals surface area contributed by atoms with E-state index in [0.717, 1.165) is 173 Å². The number of rotatable bonds is 56. The molecule has 1 atom stereocenters. The quantitative estimate of drug-likeness (QED) is 0.0373. The van der Waals surface area contributed by atoms with Gasteiger partial charge in [-0.05, 0) is 154 Å². The molecular formula is C77H116O5. The van der Waals surface area contributed by atoms with Crippen LogP contribution in [0.4, 0.5) is 0 Å². The lowest BCUT2D eigenvalue weighted by molar-refractivity contribution is -0.161. The van der Waals surface area contributed by atoms with Gasteiger partial charge in [0.25, 0.3) is 0 Å². The van der Waals surface area contributed by atoms with E-state index in [1.165, 1.54) is 32.1 Å². The van der Waals surface area contributed by atoms with Gasteiger partial charge in [0, 0.05) is 12.8 Å². The molecular weight excluding hydrogens is 1000 g/mol. The van der Waals surface area contributed by atoms with Crippen molar-refractivity contribution in [3.63, 3.8) is 0 Å². The van der Waals surface area contributed by atoms with Crippen molar-refractivity contribution < 1.29 is 24.2 Å². The molecule has 0 aromatic rings. The number of allylic oxidation sites excluding steroid dienone is 36. The minimum absolute atomic E-state index is 0.0981. The lowest BCUT2D eigenvalue weighted by Gasteiger charge is -2.15. The number of ether oxygens (including phenoxy) is 2. The Balaban J connectivity index is 3.67. The van der Waals surface area contributed by atoms with Crippen molar-refractivity contribution in [1.29, 1.82) is 0 Å². The molecule has 0 heterocycles. The van der Waals surface area contributed by atoms with Crippen molar-refractivity contribution in [3.8, 4) is 0 Å². The highest BCUT2D eigenvalue weighted by molar-refractivity contribution is 5.70. The van der Waals surface area contributed by atoms with E-state index in [-0.39, 0.29) is 25.2 Å². The highest BCUT2D eigenvalue weighted by Crippen LogP contribution is 2.13. The summed E-state index contributed by atoms with van der Waals surface area (Å²) >= 11 is 0. The number of hydrogen-bond acceptors (Lipinski definition) is 5. The van der Waals surface area contributed by atoms with E-state index in [1.54, 1.807) is 0 Å². The highest BCUT2D eigenvalue weighted by Gasteiger charge is 2.16. The maximum Gasteiger partial charge on any atom is 0.306 e. The largest absolute Gasteiger partial charge is 0.462 e. The maximum atomic E-state index is 12.3. The summed E-state index contributed by atoms with van der Waals surface area (Å²) in [5, 5.41) is 9.68. The first-order valence-corrected chi connectivity index (χ1v) is 32.3. The smallest absolute Gasteiger partial charge is 0.306 e. The van der Waals surface area contributed by atoms with Crippen LogP contribution in [0.15, 0.2) is 219 Å². The van der Waals surface area contributed by atoms with E-state index in [2.05, 4.69) is 233 Å². The van der Waals surface area contributed by atoms with Gasteiger partial charge in [0.1, 0.15) is 6.61 Å². The molecule has 0 aliphatic carbocycles. The zero-order valence-corrected chi connectivity index (χ0v) is 51.9. The van der Waals surface area contributed by atoms with Crippen molar-refractivity contribution in [2.24, 2.45) is 0 Å². The Labute approximate surface area is 503 Å². The molecule has 0 aromatic carbocycles. The Morgan fingerprint density at radius 1 is 0.280 bits per heavy atom. The molecule has 0 saturated carbocycles. The van der Waals surface area contributed by atoms with Crippen LogP contribution in [0.3, 0.4) is 0 Å². The van der Waals surface area contributed by atoms with Gasteiger partial charge in [0.15, 0.2) is 6.10 Å². The monoisotopic (exact) mass is 1120 g/mol. The second kappa shape index (κ2) is 69.5. The van der Waals surface area contributed by atoms with Crippen LogP contribution in [0.1, 0.15) is 232 Å². The fourth-order valence-corrected chi connectivity index (χ4v) is 8.01. The van der Waals surface area contributed by atoms with Gasteiger partial charge in [-0.15, -0.1) is 0 Å². The lowest BCUT2D eigenvalue weighted by Crippen LogP contribution is -2.28. The van der Waals surface area contributed by atoms with E-state index < -0.39 is 6.10 Å². The van der Waals surface area contributed by atoms with E-state index in [0.29, 0.717) is 12.8 Å². The summed E-state index contributed by atoms with van der Waals surface area (Å²) in [7, 11) is 0. The molecule has 0 radical (unpaired) electrons. The molecule has 5 heteroatoms. The van der Waals surface area contributed by atoms with Gasteiger partial charge in [-0.3, -0.25) is 9.59 Å². The molecule has 1 N–H and O–H groups in total. The number of esters is 2. The molecule has 0 bridgehead atoms. The minimum atomic E-state index is -0.807. The third-order valence-electron chi connectivity index (χ3n) is 12.8. The minimum Gasteiger partial charge on any atom is -0.462 e. The third-order valence-corrected chi connectivity index (χ3v) is 12.8. The Kier molecular flexibility index (Phi) is 64.6. The molecule has 1 unspecified atom stereocenters. The van der Waals surface area contributed by atoms with Crippen molar-refractivity contribution in [2.75, 3.05) is 13.2 Å². The molecule has 0 aromatic heterocycles. The number of unbranched alkanes of at least 4 members (excludes halogenated alkanes) is 12. The third kappa shape index (κ3) is 66.7. The number of carbonyl (C=O) groups is 2. The first-order chi connectivity index (χ1) is 40.6. The van der Waals surface area contributed by atoms with E-state index in [4.69, 9.17) is 9.47 Å². The normalized spacial score (nSPS) is 13.7. The van der Waals surface area contributed by atoms with Crippen LogP contribution >= 0.6 is 0 Å². The molecule has 0 aliphatic rings. The van der Waals surface area contributed by atoms with Gasteiger partial charge in [-0.1, -0.05) is 284 Å². The molecule has 0 aliphatic heterocycles. The molecule has 454 valence electrons. The summed E-state index contributed by atoms with van der Waals surface area (Å²) < 4.78 is 10.7. The summed E-state index contributed by atoms with van der Waals surface area (Å²) in [6, 6.07) is 0. The van der Waals surface area contributed by atoms with Crippen LogP contribution in [-0.2, 0) is 19.1 Å². The predicted octanol–water partition coefficient (Wildman–Crippen LogP) is 22.7. The van der Waals surface area contributed by atoms with Crippen molar-refractivity contribution in [3.05, 3.63) is 219 Å². The summed E-state index contributed by atoms with van der Waals surface area (Å²) in [5.74, 6) is -0.647. The fraction of sp³-hybridized carbons (Fsp3) is 0.506. The zero-order valence-electron chi connectivity index (χ0n) is 51.9. The predicted molar refractivity (Wildman–Crippen MR) is 361 cm³/mol. The first-order valence-electron chi connectivity index (χ1n) is 32.3. The van der Waals surface area contributed by atoms with Crippen LogP contribution < -0.4 is 0 Å². The van der Waals surface area contributed by atoms with Crippen LogP contribution in [0.25, 0.3) is 0 Å². The Hall–Kier alpha value is -5.78. The van der Waals surface area contributed by atoms with Crippen LogP contribution in [0.5, 0.6) is 0 Å². The van der Waals surface area contributed by atoms with Crippen molar-refractivity contribution in [2.45, 2.75) is 238 Å². The fourth-order valence-electron chi connectivity index (χ4n) is 8.01. The van der Waals surface area contributed by atoms with Gasteiger partial charge < -0.3 is 14.6 Å². The summed E-state index contributed by atoms with van der Waals surface area (Å²) in [6.45, 7) is 3.87. The number of carbonyl (C=O) groups excluding carboxylic acids is 2. The second-order valence-electron chi connectivity index (χ2n) is 20.4. The second-order valence-corrected chi connectivity index (χ2v) is 20.4. The maximum absolute atomic E-state index is 12.3. The zero-order chi connectivity index (χ0) is 59.1. The lowest BCUT2D eigenvalue weighted by atomic mass is 10.1. The summed E-state index contributed by atoms with van der Waals surface area (Å²) in [5.41, 5.74) is 0.